The van der Waals surface area contributed by atoms with Gasteiger partial charge >= 0.3 is 0 Å². The first-order chi connectivity index (χ1) is 9.58. The highest BCUT2D eigenvalue weighted by Crippen LogP contribution is 2.48. The maximum Gasteiger partial charge on any atom is 0.225 e. The van der Waals surface area contributed by atoms with Gasteiger partial charge in [0.05, 0.1) is 12.5 Å². The van der Waals surface area contributed by atoms with Crippen LogP contribution in [0.25, 0.3) is 0 Å². The minimum Gasteiger partial charge on any atom is -0.388 e. The third-order valence-electron chi connectivity index (χ3n) is 4.81. The van der Waals surface area contributed by atoms with E-state index in [1.807, 2.05) is 4.90 Å². The summed E-state index contributed by atoms with van der Waals surface area (Å²) >= 11 is 0. The molecule has 0 bridgehead atoms. The molecule has 1 N–H and O–H groups in total. The summed E-state index contributed by atoms with van der Waals surface area (Å²) in [5.41, 5.74) is 0.843. The van der Waals surface area contributed by atoms with E-state index in [9.17, 15) is 14.3 Å². The summed E-state index contributed by atoms with van der Waals surface area (Å²) in [6, 6.07) is 5.82. The Bertz CT molecular complexity index is 513. The van der Waals surface area contributed by atoms with Gasteiger partial charge in [-0.15, -0.1) is 0 Å². The first-order valence-electron chi connectivity index (χ1n) is 7.29. The van der Waals surface area contributed by atoms with Gasteiger partial charge in [0.15, 0.2) is 0 Å². The number of aliphatic hydroxyl groups is 1. The van der Waals surface area contributed by atoms with E-state index in [-0.39, 0.29) is 18.1 Å². The quantitative estimate of drug-likeness (QED) is 0.922. The smallest absolute Gasteiger partial charge is 0.225 e. The van der Waals surface area contributed by atoms with Gasteiger partial charge in [0, 0.05) is 13.1 Å². The van der Waals surface area contributed by atoms with E-state index in [1.54, 1.807) is 12.1 Å². The van der Waals surface area contributed by atoms with Crippen LogP contribution in [0.2, 0.25) is 0 Å². The predicted molar refractivity (Wildman–Crippen MR) is 73.5 cm³/mol. The van der Waals surface area contributed by atoms with E-state index in [0.29, 0.717) is 11.0 Å². The van der Waals surface area contributed by atoms with Crippen molar-refractivity contribution < 1.29 is 14.3 Å². The number of nitrogens with zero attached hydrogens (tertiary/aromatic N) is 1. The van der Waals surface area contributed by atoms with Crippen LogP contribution >= 0.6 is 0 Å². The maximum absolute atomic E-state index is 13.1. The van der Waals surface area contributed by atoms with Crippen molar-refractivity contribution >= 4 is 5.91 Å². The standard InChI is InChI=1S/C16H20FNO2/c17-13-4-1-3-12(9-13)14(19)10-15(20)18-8-7-16(11-18)5-2-6-16/h1,3-4,9,14,19H,2,5-8,10-11H2. The van der Waals surface area contributed by atoms with Gasteiger partial charge in [-0.1, -0.05) is 18.6 Å². The van der Waals surface area contributed by atoms with Gasteiger partial charge in [0.2, 0.25) is 5.91 Å². The van der Waals surface area contributed by atoms with Crippen LogP contribution in [0.5, 0.6) is 0 Å². The number of hydrogen-bond acceptors (Lipinski definition) is 2. The molecule has 1 spiro atoms. The van der Waals surface area contributed by atoms with E-state index < -0.39 is 6.10 Å². The van der Waals surface area contributed by atoms with Crippen molar-refractivity contribution in [3.05, 3.63) is 35.6 Å². The molecule has 2 fully saturated rings. The minimum atomic E-state index is -0.920. The summed E-state index contributed by atoms with van der Waals surface area (Å²) in [5, 5.41) is 10.1. The second-order valence-electron chi connectivity index (χ2n) is 6.19. The summed E-state index contributed by atoms with van der Waals surface area (Å²) < 4.78 is 13.1. The van der Waals surface area contributed by atoms with Crippen molar-refractivity contribution in [2.75, 3.05) is 13.1 Å². The van der Waals surface area contributed by atoms with Crippen molar-refractivity contribution in [2.24, 2.45) is 5.41 Å². The Morgan fingerprint density at radius 3 is 2.80 bits per heavy atom. The molecule has 3 rings (SSSR count). The number of carbonyl (C=O) groups excluding carboxylic acids is 1. The fraction of sp³-hybridized carbons (Fsp3) is 0.562. The van der Waals surface area contributed by atoms with Crippen molar-refractivity contribution in [3.63, 3.8) is 0 Å². The Balaban J connectivity index is 1.59. The lowest BCUT2D eigenvalue weighted by atomic mass is 9.68. The number of hydrogen-bond donors (Lipinski definition) is 1. The molecular weight excluding hydrogens is 257 g/mol. The second-order valence-corrected chi connectivity index (χ2v) is 6.19. The minimum absolute atomic E-state index is 0.0227. The van der Waals surface area contributed by atoms with Crippen LogP contribution in [0.1, 0.15) is 43.8 Å². The van der Waals surface area contributed by atoms with Gasteiger partial charge in [0.25, 0.3) is 0 Å². The molecule has 1 aromatic rings. The van der Waals surface area contributed by atoms with Crippen LogP contribution in [0.3, 0.4) is 0 Å². The zero-order valence-electron chi connectivity index (χ0n) is 11.5. The molecule has 1 amide bonds. The molecule has 3 nitrogen and oxygen atoms in total. The number of likely N-dealkylation sites (tertiary alicyclic amines) is 1. The second kappa shape index (κ2) is 5.17. The molecule has 1 saturated heterocycles. The predicted octanol–water partition coefficient (Wildman–Crippen LogP) is 2.65. The fourth-order valence-electron chi connectivity index (χ4n) is 3.36. The Kier molecular flexibility index (Phi) is 3.50. The summed E-state index contributed by atoms with van der Waals surface area (Å²) in [7, 11) is 0. The lowest BCUT2D eigenvalue weighted by Gasteiger charge is -2.38. The lowest BCUT2D eigenvalue weighted by molar-refractivity contribution is -0.133. The summed E-state index contributed by atoms with van der Waals surface area (Å²) in [6.45, 7) is 1.64. The van der Waals surface area contributed by atoms with Crippen LogP contribution in [-0.4, -0.2) is 29.0 Å². The molecule has 1 atom stereocenters. The molecule has 2 aliphatic rings. The average Bonchev–Trinajstić information content (AvgIpc) is 2.84. The molecule has 20 heavy (non-hydrogen) atoms. The Labute approximate surface area is 118 Å². The average molecular weight is 277 g/mol. The Hall–Kier alpha value is -1.42. The van der Waals surface area contributed by atoms with Crippen LogP contribution < -0.4 is 0 Å². The first-order valence-corrected chi connectivity index (χ1v) is 7.29. The van der Waals surface area contributed by atoms with E-state index >= 15 is 0 Å². The van der Waals surface area contributed by atoms with Crippen LogP contribution in [0.4, 0.5) is 4.39 Å². The van der Waals surface area contributed by atoms with Crippen molar-refractivity contribution in [3.8, 4) is 0 Å². The molecule has 1 aromatic carbocycles. The number of benzene rings is 1. The molecule has 4 heteroatoms. The van der Waals surface area contributed by atoms with Crippen molar-refractivity contribution in [1.29, 1.82) is 0 Å². The number of aliphatic hydroxyl groups excluding tert-OH is 1. The summed E-state index contributed by atoms with van der Waals surface area (Å²) in [5.74, 6) is -0.408. The number of rotatable bonds is 3. The largest absolute Gasteiger partial charge is 0.388 e. The van der Waals surface area contributed by atoms with Crippen molar-refractivity contribution in [1.82, 2.24) is 4.90 Å². The number of halogens is 1. The van der Waals surface area contributed by atoms with E-state index in [0.717, 1.165) is 19.5 Å². The number of amides is 1. The van der Waals surface area contributed by atoms with Crippen LogP contribution in [0.15, 0.2) is 24.3 Å². The van der Waals surface area contributed by atoms with Crippen LogP contribution in [-0.2, 0) is 4.79 Å². The third kappa shape index (κ3) is 2.57. The van der Waals surface area contributed by atoms with Gasteiger partial charge in [-0.05, 0) is 42.4 Å². The highest BCUT2D eigenvalue weighted by molar-refractivity contribution is 5.77. The molecule has 1 saturated carbocycles. The number of carbonyl (C=O) groups is 1. The Morgan fingerprint density at radius 1 is 1.40 bits per heavy atom. The molecule has 0 aromatic heterocycles. The topological polar surface area (TPSA) is 40.5 Å². The normalized spacial score (nSPS) is 21.8. The van der Waals surface area contributed by atoms with Gasteiger partial charge < -0.3 is 10.0 Å². The summed E-state index contributed by atoms with van der Waals surface area (Å²) in [4.78, 5) is 14.1. The van der Waals surface area contributed by atoms with Crippen molar-refractivity contribution in [2.45, 2.75) is 38.2 Å². The lowest BCUT2D eigenvalue weighted by Crippen LogP contribution is -2.36. The molecule has 108 valence electrons. The molecule has 1 aliphatic heterocycles. The highest BCUT2D eigenvalue weighted by atomic mass is 19.1. The van der Waals surface area contributed by atoms with Gasteiger partial charge in [-0.3, -0.25) is 4.79 Å². The van der Waals surface area contributed by atoms with Crippen LogP contribution in [0, 0.1) is 11.2 Å². The molecule has 1 aliphatic carbocycles. The SMILES string of the molecule is O=C(CC(O)c1cccc(F)c1)N1CCC2(CCC2)C1. The Morgan fingerprint density at radius 2 is 2.20 bits per heavy atom. The molecular formula is C16H20FNO2. The van der Waals surface area contributed by atoms with Gasteiger partial charge in [0.1, 0.15) is 5.82 Å². The maximum atomic E-state index is 13.1. The van der Waals surface area contributed by atoms with Gasteiger partial charge in [-0.25, -0.2) is 4.39 Å². The fourth-order valence-corrected chi connectivity index (χ4v) is 3.36. The molecule has 1 heterocycles. The monoisotopic (exact) mass is 277 g/mol. The highest BCUT2D eigenvalue weighted by Gasteiger charge is 2.44. The third-order valence-corrected chi connectivity index (χ3v) is 4.81. The zero-order chi connectivity index (χ0) is 14.2. The first kappa shape index (κ1) is 13.6. The molecule has 1 unspecified atom stereocenters. The summed E-state index contributed by atoms with van der Waals surface area (Å²) in [6.07, 6.45) is 3.94. The molecule has 0 radical (unpaired) electrons. The van der Waals surface area contributed by atoms with E-state index in [4.69, 9.17) is 0 Å². The zero-order valence-corrected chi connectivity index (χ0v) is 11.5. The van der Waals surface area contributed by atoms with E-state index in [1.165, 1.54) is 31.4 Å². The van der Waals surface area contributed by atoms with E-state index in [2.05, 4.69) is 0 Å². The van der Waals surface area contributed by atoms with Gasteiger partial charge in [-0.2, -0.15) is 0 Å².